The van der Waals surface area contributed by atoms with E-state index in [0.717, 1.165) is 62.0 Å². The molecule has 0 radical (unpaired) electrons. The van der Waals surface area contributed by atoms with E-state index in [1.54, 1.807) is 29.7 Å². The zero-order valence-electron chi connectivity index (χ0n) is 20.1. The van der Waals surface area contributed by atoms with Crippen LogP contribution in [0.1, 0.15) is 44.8 Å². The Hall–Kier alpha value is -2.16. The van der Waals surface area contributed by atoms with Crippen molar-refractivity contribution < 1.29 is 9.53 Å². The van der Waals surface area contributed by atoms with Gasteiger partial charge in [-0.2, -0.15) is 0 Å². The number of amides is 1. The van der Waals surface area contributed by atoms with Gasteiger partial charge in [-0.3, -0.25) is 4.79 Å². The van der Waals surface area contributed by atoms with Gasteiger partial charge in [0, 0.05) is 32.4 Å². The lowest BCUT2D eigenvalue weighted by Crippen LogP contribution is -2.14. The van der Waals surface area contributed by atoms with Gasteiger partial charge in [-0.15, -0.1) is 11.3 Å². The number of nitrogens with zero attached hydrogens (tertiary/aromatic N) is 1. The Kier molecular flexibility index (Phi) is 8.91. The SMILES string of the molecule is O=C(Nc1ccccc1)c1c(N=Cc2cc(Br)c(OCc3ccc(Cl)cc3Cl)c(Br)c2)sc2c1CCCC2. The topological polar surface area (TPSA) is 50.7 Å². The number of para-hydroxylation sites is 1. The third kappa shape index (κ3) is 6.35. The molecule has 0 unspecified atom stereocenters. The molecule has 38 heavy (non-hydrogen) atoms. The first-order valence-corrected chi connectivity index (χ1v) is 15.2. The van der Waals surface area contributed by atoms with E-state index in [-0.39, 0.29) is 5.91 Å². The summed E-state index contributed by atoms with van der Waals surface area (Å²) in [6, 6.07) is 18.7. The summed E-state index contributed by atoms with van der Waals surface area (Å²) in [5, 5.41) is 4.91. The fourth-order valence-electron chi connectivity index (χ4n) is 4.31. The van der Waals surface area contributed by atoms with Crippen molar-refractivity contribution >= 4 is 89.2 Å². The highest BCUT2D eigenvalue weighted by Gasteiger charge is 2.25. The Morgan fingerprint density at radius 3 is 2.50 bits per heavy atom. The first-order chi connectivity index (χ1) is 18.4. The highest BCUT2D eigenvalue weighted by molar-refractivity contribution is 9.11. The number of ether oxygens (including phenoxy) is 1. The minimum Gasteiger partial charge on any atom is -0.486 e. The summed E-state index contributed by atoms with van der Waals surface area (Å²) >= 11 is 21.1. The third-order valence-electron chi connectivity index (χ3n) is 6.15. The molecule has 0 spiro atoms. The van der Waals surface area contributed by atoms with Gasteiger partial charge in [0.05, 0.1) is 14.5 Å². The van der Waals surface area contributed by atoms with Crippen LogP contribution in [0.25, 0.3) is 0 Å². The lowest BCUT2D eigenvalue weighted by molar-refractivity contribution is 0.102. The van der Waals surface area contributed by atoms with Crippen molar-refractivity contribution in [2.45, 2.75) is 32.3 Å². The van der Waals surface area contributed by atoms with Gasteiger partial charge in [0.1, 0.15) is 17.4 Å². The molecule has 0 fully saturated rings. The van der Waals surface area contributed by atoms with Crippen molar-refractivity contribution in [3.05, 3.63) is 107 Å². The Balaban J connectivity index is 1.38. The molecule has 0 bridgehead atoms. The molecule has 1 aliphatic carbocycles. The first-order valence-electron chi connectivity index (χ1n) is 12.0. The number of nitrogens with one attached hydrogen (secondary N) is 1. The van der Waals surface area contributed by atoms with Gasteiger partial charge >= 0.3 is 0 Å². The highest BCUT2D eigenvalue weighted by Crippen LogP contribution is 2.41. The predicted octanol–water partition coefficient (Wildman–Crippen LogP) is 10.0. The van der Waals surface area contributed by atoms with Gasteiger partial charge in [-0.1, -0.05) is 47.5 Å². The maximum atomic E-state index is 13.3. The molecular weight excluding hydrogens is 671 g/mol. The predicted molar refractivity (Wildman–Crippen MR) is 165 cm³/mol. The van der Waals surface area contributed by atoms with Crippen LogP contribution in [0.2, 0.25) is 10.0 Å². The average Bonchev–Trinajstić information content (AvgIpc) is 3.27. The monoisotopic (exact) mass is 690 g/mol. The fourth-order valence-corrected chi connectivity index (χ4v) is 7.45. The molecule has 1 aliphatic rings. The quantitative estimate of drug-likeness (QED) is 0.196. The maximum absolute atomic E-state index is 13.3. The molecule has 3 aromatic carbocycles. The van der Waals surface area contributed by atoms with Gasteiger partial charge in [0.25, 0.3) is 5.91 Å². The van der Waals surface area contributed by atoms with E-state index in [1.165, 1.54) is 4.88 Å². The van der Waals surface area contributed by atoms with E-state index in [9.17, 15) is 4.79 Å². The van der Waals surface area contributed by atoms with E-state index < -0.39 is 0 Å². The Bertz CT molecular complexity index is 1500. The summed E-state index contributed by atoms with van der Waals surface area (Å²) in [7, 11) is 0. The second-order valence-corrected chi connectivity index (χ2v) is 12.4. The van der Waals surface area contributed by atoms with E-state index in [1.807, 2.05) is 48.5 Å². The minimum atomic E-state index is -0.116. The van der Waals surface area contributed by atoms with Crippen LogP contribution in [-0.4, -0.2) is 12.1 Å². The molecule has 0 atom stereocenters. The molecule has 1 heterocycles. The molecule has 4 nitrogen and oxygen atoms in total. The molecule has 1 amide bonds. The lowest BCUT2D eigenvalue weighted by atomic mass is 9.95. The number of benzene rings is 3. The van der Waals surface area contributed by atoms with E-state index >= 15 is 0 Å². The van der Waals surface area contributed by atoms with Crippen LogP contribution < -0.4 is 10.1 Å². The molecule has 1 N–H and O–H groups in total. The molecule has 1 aromatic heterocycles. The first kappa shape index (κ1) is 27.4. The van der Waals surface area contributed by atoms with Crippen LogP contribution in [0.15, 0.2) is 74.6 Å². The number of thiophene rings is 1. The number of rotatable bonds is 7. The zero-order valence-corrected chi connectivity index (χ0v) is 25.6. The van der Waals surface area contributed by atoms with Crippen molar-refractivity contribution in [2.75, 3.05) is 5.32 Å². The van der Waals surface area contributed by atoms with Crippen LogP contribution in [0.5, 0.6) is 5.75 Å². The Morgan fingerprint density at radius 1 is 1.03 bits per heavy atom. The van der Waals surface area contributed by atoms with Crippen molar-refractivity contribution in [3.8, 4) is 5.75 Å². The number of halogens is 4. The summed E-state index contributed by atoms with van der Waals surface area (Å²) < 4.78 is 7.58. The van der Waals surface area contributed by atoms with Crippen LogP contribution in [0, 0.1) is 0 Å². The molecule has 0 saturated heterocycles. The number of aliphatic imine (C=N–C) groups is 1. The highest BCUT2D eigenvalue weighted by atomic mass is 79.9. The van der Waals surface area contributed by atoms with Crippen LogP contribution >= 0.6 is 66.4 Å². The van der Waals surface area contributed by atoms with Gasteiger partial charge in [-0.25, -0.2) is 4.99 Å². The van der Waals surface area contributed by atoms with Gasteiger partial charge in [-0.05, 0) is 105 Å². The van der Waals surface area contributed by atoms with E-state index in [4.69, 9.17) is 32.9 Å². The molecule has 4 aromatic rings. The summed E-state index contributed by atoms with van der Waals surface area (Å²) in [5.74, 6) is 0.539. The Labute approximate surface area is 252 Å². The second kappa shape index (κ2) is 12.3. The summed E-state index contributed by atoms with van der Waals surface area (Å²) in [6.45, 7) is 0.293. The van der Waals surface area contributed by atoms with Crippen LogP contribution in [0.4, 0.5) is 10.7 Å². The Morgan fingerprint density at radius 2 is 1.76 bits per heavy atom. The standard InChI is InChI=1S/C29H22Br2Cl2N2O2S/c30-22-12-17(13-23(31)27(22)37-16-18-10-11-19(32)14-24(18)33)15-34-29-26(21-8-4-5-9-25(21)38-29)28(36)35-20-6-2-1-3-7-20/h1-3,6-7,10-15H,4-5,8-9,16H2,(H,35,36). The van der Waals surface area contributed by atoms with E-state index in [0.29, 0.717) is 28.0 Å². The summed E-state index contributed by atoms with van der Waals surface area (Å²) in [6.07, 6.45) is 5.90. The molecule has 9 heteroatoms. The van der Waals surface area contributed by atoms with Crippen molar-refractivity contribution in [3.63, 3.8) is 0 Å². The second-order valence-electron chi connectivity index (χ2n) is 8.81. The molecule has 194 valence electrons. The molecule has 0 saturated carbocycles. The van der Waals surface area contributed by atoms with E-state index in [2.05, 4.69) is 37.2 Å². The number of aryl methyl sites for hydroxylation is 1. The van der Waals surface area contributed by atoms with Gasteiger partial charge < -0.3 is 10.1 Å². The van der Waals surface area contributed by atoms with Crippen molar-refractivity contribution in [1.82, 2.24) is 0 Å². The number of fused-ring (bicyclic) bond motifs is 1. The lowest BCUT2D eigenvalue weighted by Gasteiger charge is -2.13. The normalized spacial score (nSPS) is 12.9. The maximum Gasteiger partial charge on any atom is 0.259 e. The summed E-state index contributed by atoms with van der Waals surface area (Å²) in [4.78, 5) is 19.4. The number of anilines is 1. The number of carbonyl (C=O) groups excluding carboxylic acids is 1. The molecule has 5 rings (SSSR count). The minimum absolute atomic E-state index is 0.116. The van der Waals surface area contributed by atoms with Gasteiger partial charge in [0.2, 0.25) is 0 Å². The number of hydrogen-bond acceptors (Lipinski definition) is 4. The van der Waals surface area contributed by atoms with Crippen LogP contribution in [0.3, 0.4) is 0 Å². The molecular formula is C29H22Br2Cl2N2O2S. The zero-order chi connectivity index (χ0) is 26.6. The number of carbonyl (C=O) groups is 1. The third-order valence-corrected chi connectivity index (χ3v) is 9.11. The number of hydrogen-bond donors (Lipinski definition) is 1. The average molecular weight is 693 g/mol. The summed E-state index contributed by atoms with van der Waals surface area (Å²) in [5.41, 5.74) is 4.29. The molecule has 0 aliphatic heterocycles. The fraction of sp³-hybridized carbons (Fsp3) is 0.172. The largest absolute Gasteiger partial charge is 0.486 e. The van der Waals surface area contributed by atoms with Crippen molar-refractivity contribution in [1.29, 1.82) is 0 Å². The van der Waals surface area contributed by atoms with Crippen LogP contribution in [-0.2, 0) is 19.4 Å². The van der Waals surface area contributed by atoms with Crippen molar-refractivity contribution in [2.24, 2.45) is 4.99 Å². The van der Waals surface area contributed by atoms with Gasteiger partial charge in [0.15, 0.2) is 0 Å². The smallest absolute Gasteiger partial charge is 0.259 e.